The molecule has 2 aromatic rings. The zero-order valence-corrected chi connectivity index (χ0v) is 19.9. The molecule has 9 nitrogen and oxygen atoms in total. The van der Waals surface area contributed by atoms with Crippen molar-refractivity contribution in [1.29, 1.82) is 0 Å². The molecular formula is C19H20Br2N2O7. The lowest BCUT2D eigenvalue weighted by Crippen LogP contribution is -2.10. The summed E-state index contributed by atoms with van der Waals surface area (Å²) in [5.74, 6) is -0.906. The Morgan fingerprint density at radius 3 is 1.57 bits per heavy atom. The van der Waals surface area contributed by atoms with Crippen LogP contribution in [0.15, 0.2) is 45.6 Å². The van der Waals surface area contributed by atoms with Gasteiger partial charge in [0, 0.05) is 28.3 Å². The van der Waals surface area contributed by atoms with Crippen LogP contribution in [0.1, 0.15) is 34.3 Å². The van der Waals surface area contributed by atoms with Gasteiger partial charge in [-0.25, -0.2) is 4.79 Å². The van der Waals surface area contributed by atoms with E-state index in [1.165, 1.54) is 34.4 Å². The molecule has 2 heterocycles. The van der Waals surface area contributed by atoms with Crippen molar-refractivity contribution in [3.8, 4) is 0 Å². The van der Waals surface area contributed by atoms with Crippen LogP contribution in [-0.2, 0) is 19.0 Å². The number of hydrogen-bond acceptors (Lipinski definition) is 9. The van der Waals surface area contributed by atoms with Gasteiger partial charge in [-0.1, -0.05) is 0 Å². The molecule has 0 radical (unpaired) electrons. The molecule has 0 saturated heterocycles. The van der Waals surface area contributed by atoms with Gasteiger partial charge in [0.1, 0.15) is 17.8 Å². The number of ether oxygens (including phenoxy) is 3. The van der Waals surface area contributed by atoms with E-state index < -0.39 is 12.1 Å². The summed E-state index contributed by atoms with van der Waals surface area (Å²) in [6.07, 6.45) is 2.18. The van der Waals surface area contributed by atoms with E-state index in [0.717, 1.165) is 8.95 Å². The largest absolute Gasteiger partial charge is 0.507 e. The van der Waals surface area contributed by atoms with Gasteiger partial charge in [0.25, 0.3) is 0 Å². The minimum atomic E-state index is -0.657. The van der Waals surface area contributed by atoms with Crippen molar-refractivity contribution in [1.82, 2.24) is 9.97 Å². The highest BCUT2D eigenvalue weighted by molar-refractivity contribution is 9.10. The molecule has 0 atom stereocenters. The lowest BCUT2D eigenvalue weighted by Gasteiger charge is -1.98. The predicted molar refractivity (Wildman–Crippen MR) is 114 cm³/mol. The lowest BCUT2D eigenvalue weighted by atomic mass is 10.2. The zero-order valence-electron chi connectivity index (χ0n) is 16.7. The minimum Gasteiger partial charge on any atom is -0.469 e. The summed E-state index contributed by atoms with van der Waals surface area (Å²) in [5, 5.41) is 0. The van der Waals surface area contributed by atoms with Crippen molar-refractivity contribution in [3.63, 3.8) is 0 Å². The van der Waals surface area contributed by atoms with E-state index >= 15 is 0 Å². The van der Waals surface area contributed by atoms with Crippen LogP contribution in [0.5, 0.6) is 0 Å². The van der Waals surface area contributed by atoms with Crippen LogP contribution in [0.4, 0.5) is 4.79 Å². The fraction of sp³-hybridized carbons (Fsp3) is 0.263. The summed E-state index contributed by atoms with van der Waals surface area (Å²) in [6, 6.07) is 6.73. The molecule has 0 aromatic carbocycles. The van der Waals surface area contributed by atoms with Crippen molar-refractivity contribution in [2.24, 2.45) is 0 Å². The third kappa shape index (κ3) is 12.0. The van der Waals surface area contributed by atoms with E-state index in [1.54, 1.807) is 30.5 Å². The molecule has 0 aliphatic carbocycles. The minimum absolute atomic E-state index is 0.00694. The molecule has 0 unspecified atom stereocenters. The number of carbonyl (C=O) groups excluding carboxylic acids is 4. The van der Waals surface area contributed by atoms with Crippen molar-refractivity contribution in [2.45, 2.75) is 13.3 Å². The van der Waals surface area contributed by atoms with E-state index in [-0.39, 0.29) is 23.7 Å². The third-order valence-corrected chi connectivity index (χ3v) is 3.91. The summed E-state index contributed by atoms with van der Waals surface area (Å²) in [4.78, 5) is 50.3. The highest BCUT2D eigenvalue weighted by Gasteiger charge is 2.12. The number of ketones is 2. The standard InChI is InChI=1S/C9H8BrNO3.C7H6BrNO.C3H6O3/c1-14-9(13)4-8(12)7-3-2-6(10)5-11-7;1-5(10)7-3-2-6(8)4-9-7;1-5-3(4)6-2/h2-3,5H,4H2,1H3;2-4H,1H3;1-2H3. The molecule has 2 aromatic heterocycles. The number of aromatic nitrogens is 2. The SMILES string of the molecule is CC(=O)c1ccc(Br)cn1.COC(=O)CC(=O)c1ccc(Br)cn1.COC(=O)OC. The molecule has 0 amide bonds. The first kappa shape index (κ1) is 27.3. The van der Waals surface area contributed by atoms with Crippen molar-refractivity contribution >= 4 is 55.6 Å². The van der Waals surface area contributed by atoms with Crippen LogP contribution in [0, 0.1) is 0 Å². The third-order valence-electron chi connectivity index (χ3n) is 2.97. The molecular weight excluding hydrogens is 528 g/mol. The monoisotopic (exact) mass is 546 g/mol. The van der Waals surface area contributed by atoms with Crippen LogP contribution in [0.2, 0.25) is 0 Å². The molecule has 0 aliphatic heterocycles. The van der Waals surface area contributed by atoms with Gasteiger partial charge in [0.2, 0.25) is 0 Å². The fourth-order valence-corrected chi connectivity index (χ4v) is 1.97. The van der Waals surface area contributed by atoms with E-state index in [2.05, 4.69) is 56.0 Å². The predicted octanol–water partition coefficient (Wildman–Crippen LogP) is 4.04. The maximum Gasteiger partial charge on any atom is 0.507 e. The highest BCUT2D eigenvalue weighted by Crippen LogP contribution is 2.09. The summed E-state index contributed by atoms with van der Waals surface area (Å²) in [5.41, 5.74) is 0.766. The van der Waals surface area contributed by atoms with Gasteiger partial charge in [0.15, 0.2) is 11.6 Å². The quantitative estimate of drug-likeness (QED) is 0.317. The first-order valence-electron chi connectivity index (χ1n) is 8.10. The molecule has 162 valence electrons. The number of methoxy groups -OCH3 is 3. The normalized spacial score (nSPS) is 9.00. The first-order valence-corrected chi connectivity index (χ1v) is 9.69. The van der Waals surface area contributed by atoms with E-state index in [1.807, 2.05) is 0 Å². The second kappa shape index (κ2) is 15.2. The van der Waals surface area contributed by atoms with Crippen LogP contribution in [0.3, 0.4) is 0 Å². The van der Waals surface area contributed by atoms with Gasteiger partial charge in [0.05, 0.1) is 21.3 Å². The van der Waals surface area contributed by atoms with Gasteiger partial charge in [-0.3, -0.25) is 24.4 Å². The molecule has 11 heteroatoms. The first-order chi connectivity index (χ1) is 14.1. The van der Waals surface area contributed by atoms with E-state index in [0.29, 0.717) is 5.69 Å². The Kier molecular flexibility index (Phi) is 13.9. The van der Waals surface area contributed by atoms with Crippen LogP contribution in [-0.4, -0.2) is 55.0 Å². The van der Waals surface area contributed by atoms with Gasteiger partial charge < -0.3 is 14.2 Å². The second-order valence-corrected chi connectivity index (χ2v) is 6.95. The molecule has 0 fully saturated rings. The summed E-state index contributed by atoms with van der Waals surface area (Å²) < 4.78 is 14.1. The topological polar surface area (TPSA) is 122 Å². The number of nitrogens with zero attached hydrogens (tertiary/aromatic N) is 2. The van der Waals surface area contributed by atoms with E-state index in [4.69, 9.17) is 0 Å². The number of pyridine rings is 2. The van der Waals surface area contributed by atoms with Gasteiger partial charge in [-0.15, -0.1) is 0 Å². The maximum atomic E-state index is 11.3. The molecule has 0 saturated carbocycles. The number of rotatable bonds is 4. The molecule has 30 heavy (non-hydrogen) atoms. The Balaban J connectivity index is 0.000000459. The average Bonchev–Trinajstić information content (AvgIpc) is 2.74. The number of halogens is 2. The summed E-state index contributed by atoms with van der Waals surface area (Å²) in [6.45, 7) is 1.50. The molecule has 0 spiro atoms. The molecule has 0 bridgehead atoms. The Morgan fingerprint density at radius 2 is 1.27 bits per heavy atom. The Labute approximate surface area is 190 Å². The average molecular weight is 548 g/mol. The Bertz CT molecular complexity index is 835. The van der Waals surface area contributed by atoms with Crippen molar-refractivity contribution in [3.05, 3.63) is 57.0 Å². The number of hydrogen-bond donors (Lipinski definition) is 0. The maximum absolute atomic E-state index is 11.3. The zero-order chi connectivity index (χ0) is 23.1. The highest BCUT2D eigenvalue weighted by atomic mass is 79.9. The number of carbonyl (C=O) groups is 4. The van der Waals surface area contributed by atoms with Crippen LogP contribution < -0.4 is 0 Å². The van der Waals surface area contributed by atoms with Crippen molar-refractivity contribution in [2.75, 3.05) is 21.3 Å². The fourth-order valence-electron chi connectivity index (χ4n) is 1.50. The van der Waals surface area contributed by atoms with Gasteiger partial charge >= 0.3 is 12.1 Å². The smallest absolute Gasteiger partial charge is 0.469 e. The second-order valence-electron chi connectivity index (χ2n) is 5.11. The molecule has 0 aliphatic rings. The van der Waals surface area contributed by atoms with Gasteiger partial charge in [-0.2, -0.15) is 0 Å². The Hall–Kier alpha value is -2.66. The molecule has 0 N–H and O–H groups in total. The lowest BCUT2D eigenvalue weighted by molar-refractivity contribution is -0.139. The van der Waals surface area contributed by atoms with Crippen LogP contribution in [0.25, 0.3) is 0 Å². The number of Topliss-reactive ketones (excluding diaryl/α,β-unsaturated/α-hetero) is 2. The summed E-state index contributed by atoms with van der Waals surface area (Å²) in [7, 11) is 3.75. The Morgan fingerprint density at radius 1 is 0.800 bits per heavy atom. The van der Waals surface area contributed by atoms with Crippen molar-refractivity contribution < 1.29 is 33.4 Å². The number of esters is 1. The summed E-state index contributed by atoms with van der Waals surface area (Å²) >= 11 is 6.41. The van der Waals surface area contributed by atoms with Gasteiger partial charge in [-0.05, 0) is 56.1 Å². The van der Waals surface area contributed by atoms with Crippen LogP contribution >= 0.6 is 31.9 Å². The molecule has 2 rings (SSSR count). The van der Waals surface area contributed by atoms with E-state index in [9.17, 15) is 19.2 Å².